The van der Waals surface area contributed by atoms with Crippen LogP contribution in [0.15, 0.2) is 0 Å². The molecule has 1 aliphatic rings. The van der Waals surface area contributed by atoms with Crippen molar-refractivity contribution in [3.8, 4) is 0 Å². The van der Waals surface area contributed by atoms with Crippen LogP contribution in [0.4, 0.5) is 0 Å². The van der Waals surface area contributed by atoms with Gasteiger partial charge in [-0.3, -0.25) is 0 Å². The number of rotatable bonds is 0. The maximum Gasteiger partial charge on any atom is 0.0540 e. The predicted molar refractivity (Wildman–Crippen MR) is 60.4 cm³/mol. The fourth-order valence-corrected chi connectivity index (χ4v) is 2.13. The molecule has 1 N–H and O–H groups in total. The van der Waals surface area contributed by atoms with E-state index in [0.717, 1.165) is 12.8 Å². The van der Waals surface area contributed by atoms with E-state index in [1.165, 1.54) is 51.6 Å². The lowest BCUT2D eigenvalue weighted by molar-refractivity contribution is 0.145. The summed E-state index contributed by atoms with van der Waals surface area (Å²) in [6.07, 6.45) is 9.57. The Kier molecular flexibility index (Phi) is 6.20. The molecule has 1 fully saturated rings. The summed E-state index contributed by atoms with van der Waals surface area (Å²) in [5.74, 6) is 0. The Labute approximate surface area is 88.3 Å². The normalized spacial score (nSPS) is 25.3. The van der Waals surface area contributed by atoms with Crippen LogP contribution in [-0.2, 0) is 0 Å². The quantitative estimate of drug-likeness (QED) is 0.647. The van der Waals surface area contributed by atoms with Gasteiger partial charge in [0.25, 0.3) is 0 Å². The first-order valence-electron chi connectivity index (χ1n) is 6.15. The highest BCUT2D eigenvalue weighted by molar-refractivity contribution is 4.60. The number of aliphatic hydroxyl groups is 1. The van der Waals surface area contributed by atoms with Gasteiger partial charge in [0.05, 0.1) is 6.10 Å². The van der Waals surface area contributed by atoms with E-state index < -0.39 is 0 Å². The molecule has 2 nitrogen and oxygen atoms in total. The minimum Gasteiger partial charge on any atom is -0.393 e. The summed E-state index contributed by atoms with van der Waals surface area (Å²) in [4.78, 5) is 2.44. The third-order valence-electron chi connectivity index (χ3n) is 3.15. The zero-order chi connectivity index (χ0) is 10.2. The highest BCUT2D eigenvalue weighted by atomic mass is 16.3. The van der Waals surface area contributed by atoms with Crippen molar-refractivity contribution in [1.82, 2.24) is 4.90 Å². The zero-order valence-corrected chi connectivity index (χ0v) is 9.54. The van der Waals surface area contributed by atoms with E-state index >= 15 is 0 Å². The Balaban J connectivity index is 2.19. The summed E-state index contributed by atoms with van der Waals surface area (Å²) in [5, 5.41) is 9.63. The average molecular weight is 199 g/mol. The molecule has 84 valence electrons. The van der Waals surface area contributed by atoms with Gasteiger partial charge in [-0.2, -0.15) is 0 Å². The van der Waals surface area contributed by atoms with Gasteiger partial charge in [0.2, 0.25) is 0 Å². The Hall–Kier alpha value is -0.0800. The summed E-state index contributed by atoms with van der Waals surface area (Å²) >= 11 is 0. The molecular weight excluding hydrogens is 174 g/mol. The minimum atomic E-state index is -0.0212. The van der Waals surface area contributed by atoms with E-state index in [1.54, 1.807) is 0 Å². The molecular formula is C12H25NO. The molecule has 0 saturated carbocycles. The van der Waals surface area contributed by atoms with Crippen molar-refractivity contribution >= 4 is 0 Å². The van der Waals surface area contributed by atoms with Gasteiger partial charge in [0.15, 0.2) is 0 Å². The SMILES string of the molecule is CN1CCCCCC(O)CCCCC1. The Morgan fingerprint density at radius 3 is 1.86 bits per heavy atom. The van der Waals surface area contributed by atoms with Gasteiger partial charge in [-0.15, -0.1) is 0 Å². The molecule has 0 atom stereocenters. The maximum absolute atomic E-state index is 9.63. The molecule has 1 heterocycles. The zero-order valence-electron chi connectivity index (χ0n) is 9.54. The van der Waals surface area contributed by atoms with E-state index in [0.29, 0.717) is 0 Å². The Bertz CT molecular complexity index is 110. The molecule has 0 spiro atoms. The maximum atomic E-state index is 9.63. The van der Waals surface area contributed by atoms with Crippen LogP contribution in [0.1, 0.15) is 51.4 Å². The standard InChI is InChI=1S/C12H25NO/c1-13-10-6-2-4-8-12(14)9-5-3-7-11-13/h12,14H,2-11H2,1H3. The fraction of sp³-hybridized carbons (Fsp3) is 1.00. The van der Waals surface area contributed by atoms with E-state index in [-0.39, 0.29) is 6.10 Å². The fourth-order valence-electron chi connectivity index (χ4n) is 2.13. The molecule has 14 heavy (non-hydrogen) atoms. The van der Waals surface area contributed by atoms with E-state index in [9.17, 15) is 5.11 Å². The van der Waals surface area contributed by atoms with Crippen LogP contribution in [0, 0.1) is 0 Å². The molecule has 0 amide bonds. The smallest absolute Gasteiger partial charge is 0.0540 e. The molecule has 0 bridgehead atoms. The van der Waals surface area contributed by atoms with E-state index in [2.05, 4.69) is 11.9 Å². The molecule has 0 aliphatic carbocycles. The third kappa shape index (κ3) is 5.61. The first-order chi connectivity index (χ1) is 6.79. The topological polar surface area (TPSA) is 23.5 Å². The van der Waals surface area contributed by atoms with Gasteiger partial charge in [-0.05, 0) is 45.8 Å². The molecule has 0 radical (unpaired) electrons. The van der Waals surface area contributed by atoms with Gasteiger partial charge < -0.3 is 10.0 Å². The third-order valence-corrected chi connectivity index (χ3v) is 3.15. The Morgan fingerprint density at radius 2 is 1.36 bits per heavy atom. The van der Waals surface area contributed by atoms with Crippen molar-refractivity contribution < 1.29 is 5.11 Å². The largest absolute Gasteiger partial charge is 0.393 e. The second-order valence-corrected chi connectivity index (χ2v) is 4.66. The summed E-state index contributed by atoms with van der Waals surface area (Å²) < 4.78 is 0. The van der Waals surface area contributed by atoms with Crippen LogP contribution in [0.5, 0.6) is 0 Å². The number of nitrogens with zero attached hydrogens (tertiary/aromatic N) is 1. The van der Waals surface area contributed by atoms with Crippen LogP contribution in [0.3, 0.4) is 0 Å². The molecule has 0 aromatic heterocycles. The number of hydrogen-bond acceptors (Lipinski definition) is 2. The lowest BCUT2D eigenvalue weighted by Gasteiger charge is -2.18. The van der Waals surface area contributed by atoms with Crippen LogP contribution in [-0.4, -0.2) is 36.2 Å². The van der Waals surface area contributed by atoms with Crippen molar-refractivity contribution in [2.75, 3.05) is 20.1 Å². The predicted octanol–water partition coefficient (Wildman–Crippen LogP) is 2.41. The summed E-state index contributed by atoms with van der Waals surface area (Å²) in [7, 11) is 2.22. The highest BCUT2D eigenvalue weighted by Crippen LogP contribution is 2.12. The highest BCUT2D eigenvalue weighted by Gasteiger charge is 2.06. The van der Waals surface area contributed by atoms with Crippen LogP contribution < -0.4 is 0 Å². The monoisotopic (exact) mass is 199 g/mol. The van der Waals surface area contributed by atoms with E-state index in [4.69, 9.17) is 0 Å². The molecule has 1 aliphatic heterocycles. The van der Waals surface area contributed by atoms with Crippen molar-refractivity contribution in [2.45, 2.75) is 57.5 Å². The Morgan fingerprint density at radius 1 is 0.857 bits per heavy atom. The van der Waals surface area contributed by atoms with Gasteiger partial charge in [0.1, 0.15) is 0 Å². The summed E-state index contributed by atoms with van der Waals surface area (Å²) in [5.41, 5.74) is 0. The first kappa shape index (κ1) is 12.0. The lowest BCUT2D eigenvalue weighted by Crippen LogP contribution is -2.21. The number of aliphatic hydroxyl groups excluding tert-OH is 1. The van der Waals surface area contributed by atoms with E-state index in [1.807, 2.05) is 0 Å². The number of hydrogen-bond donors (Lipinski definition) is 1. The van der Waals surface area contributed by atoms with Gasteiger partial charge in [0, 0.05) is 0 Å². The van der Waals surface area contributed by atoms with Crippen LogP contribution in [0.2, 0.25) is 0 Å². The second-order valence-electron chi connectivity index (χ2n) is 4.66. The van der Waals surface area contributed by atoms with Crippen molar-refractivity contribution in [2.24, 2.45) is 0 Å². The van der Waals surface area contributed by atoms with Crippen LogP contribution >= 0.6 is 0 Å². The average Bonchev–Trinajstić information content (AvgIpc) is 2.14. The van der Waals surface area contributed by atoms with Gasteiger partial charge in [-0.25, -0.2) is 0 Å². The second kappa shape index (κ2) is 7.24. The van der Waals surface area contributed by atoms with Crippen LogP contribution in [0.25, 0.3) is 0 Å². The molecule has 0 aromatic carbocycles. The van der Waals surface area contributed by atoms with Crippen molar-refractivity contribution in [3.63, 3.8) is 0 Å². The van der Waals surface area contributed by atoms with Gasteiger partial charge >= 0.3 is 0 Å². The first-order valence-corrected chi connectivity index (χ1v) is 6.15. The summed E-state index contributed by atoms with van der Waals surface area (Å²) in [6, 6.07) is 0. The van der Waals surface area contributed by atoms with Crippen molar-refractivity contribution in [1.29, 1.82) is 0 Å². The molecule has 1 rings (SSSR count). The minimum absolute atomic E-state index is 0.0212. The molecule has 2 heteroatoms. The molecule has 1 saturated heterocycles. The van der Waals surface area contributed by atoms with Gasteiger partial charge in [-0.1, -0.05) is 25.7 Å². The van der Waals surface area contributed by atoms with Crippen molar-refractivity contribution in [3.05, 3.63) is 0 Å². The lowest BCUT2D eigenvalue weighted by atomic mass is 10.0. The summed E-state index contributed by atoms with van der Waals surface area (Å²) in [6.45, 7) is 2.46. The molecule has 0 aromatic rings. The molecule has 0 unspecified atom stereocenters.